The molecule has 0 unspecified atom stereocenters. The fraction of sp³-hybridized carbons (Fsp3) is 0.600. The van der Waals surface area contributed by atoms with Gasteiger partial charge in [0, 0.05) is 10.7 Å². The van der Waals surface area contributed by atoms with Gasteiger partial charge >= 0.3 is 0 Å². The molecular formula is C15H21BrO2. The first-order valence-corrected chi connectivity index (χ1v) is 7.82. The van der Waals surface area contributed by atoms with Gasteiger partial charge < -0.3 is 9.47 Å². The summed E-state index contributed by atoms with van der Waals surface area (Å²) in [4.78, 5) is 0. The molecule has 0 atom stereocenters. The van der Waals surface area contributed by atoms with Gasteiger partial charge in [-0.15, -0.1) is 0 Å². The van der Waals surface area contributed by atoms with Crippen LogP contribution in [-0.4, -0.2) is 18.5 Å². The number of alkyl halides is 1. The lowest BCUT2D eigenvalue weighted by Crippen LogP contribution is -2.27. The second-order valence-corrected chi connectivity index (χ2v) is 5.57. The highest BCUT2D eigenvalue weighted by Crippen LogP contribution is 2.40. The number of rotatable bonds is 6. The molecule has 0 radical (unpaired) electrons. The Balaban J connectivity index is 2.00. The Morgan fingerprint density at radius 1 is 1.11 bits per heavy atom. The number of ether oxygens (including phenoxy) is 2. The molecule has 1 aromatic rings. The van der Waals surface area contributed by atoms with E-state index in [-0.39, 0.29) is 0 Å². The summed E-state index contributed by atoms with van der Waals surface area (Å²) in [5.74, 6) is 1.72. The molecule has 0 amide bonds. The van der Waals surface area contributed by atoms with Gasteiger partial charge in [-0.3, -0.25) is 0 Å². The molecule has 1 aromatic carbocycles. The van der Waals surface area contributed by atoms with Crippen molar-refractivity contribution in [3.8, 4) is 11.5 Å². The van der Waals surface area contributed by atoms with Crippen molar-refractivity contribution in [1.82, 2.24) is 0 Å². The van der Waals surface area contributed by atoms with Crippen LogP contribution in [0.25, 0.3) is 0 Å². The fourth-order valence-electron chi connectivity index (χ4n) is 2.52. The number of benzene rings is 1. The quantitative estimate of drug-likeness (QED) is 0.724. The van der Waals surface area contributed by atoms with E-state index in [0.717, 1.165) is 23.4 Å². The maximum Gasteiger partial charge on any atom is 0.161 e. The Morgan fingerprint density at radius 3 is 2.28 bits per heavy atom. The van der Waals surface area contributed by atoms with Crippen molar-refractivity contribution in [2.24, 2.45) is 5.41 Å². The van der Waals surface area contributed by atoms with E-state index in [0.29, 0.717) is 12.0 Å². The van der Waals surface area contributed by atoms with E-state index in [1.807, 2.05) is 31.2 Å². The lowest BCUT2D eigenvalue weighted by atomic mass is 9.90. The molecule has 1 fully saturated rings. The number of halogens is 1. The number of hydrogen-bond donors (Lipinski definition) is 0. The summed E-state index contributed by atoms with van der Waals surface area (Å²) >= 11 is 3.64. The van der Waals surface area contributed by atoms with E-state index in [9.17, 15) is 0 Å². The van der Waals surface area contributed by atoms with Gasteiger partial charge in [0.2, 0.25) is 0 Å². The highest BCUT2D eigenvalue weighted by Gasteiger charge is 2.33. The highest BCUT2D eigenvalue weighted by atomic mass is 79.9. The molecule has 3 heteroatoms. The Labute approximate surface area is 118 Å². The van der Waals surface area contributed by atoms with Gasteiger partial charge in [0.05, 0.1) is 13.2 Å². The van der Waals surface area contributed by atoms with E-state index in [4.69, 9.17) is 9.47 Å². The molecule has 1 aliphatic carbocycles. The van der Waals surface area contributed by atoms with Gasteiger partial charge in [0.25, 0.3) is 0 Å². The average Bonchev–Trinajstić information content (AvgIpc) is 2.88. The van der Waals surface area contributed by atoms with Gasteiger partial charge in [-0.2, -0.15) is 0 Å². The van der Waals surface area contributed by atoms with Crippen molar-refractivity contribution in [2.75, 3.05) is 18.5 Å². The third-order valence-corrected chi connectivity index (χ3v) is 4.82. The van der Waals surface area contributed by atoms with E-state index in [2.05, 4.69) is 15.9 Å². The molecule has 2 nitrogen and oxygen atoms in total. The lowest BCUT2D eigenvalue weighted by molar-refractivity contribution is 0.167. The molecule has 0 aromatic heterocycles. The summed E-state index contributed by atoms with van der Waals surface area (Å²) in [6.45, 7) is 3.44. The minimum atomic E-state index is 0.319. The zero-order valence-corrected chi connectivity index (χ0v) is 12.5. The number of para-hydroxylation sites is 2. The second kappa shape index (κ2) is 6.46. The minimum absolute atomic E-state index is 0.319. The summed E-state index contributed by atoms with van der Waals surface area (Å²) in [5, 5.41) is 1.02. The van der Waals surface area contributed by atoms with Crippen LogP contribution in [0.1, 0.15) is 32.6 Å². The standard InChI is InChI=1S/C15H21BrO2/c1-2-17-13-7-3-4-8-14(13)18-12-15(11-16)9-5-6-10-15/h3-4,7-8H,2,5-6,9-12H2,1H3. The molecule has 18 heavy (non-hydrogen) atoms. The Hall–Kier alpha value is -0.700. The Morgan fingerprint density at radius 2 is 1.72 bits per heavy atom. The lowest BCUT2D eigenvalue weighted by Gasteiger charge is -2.26. The number of hydrogen-bond acceptors (Lipinski definition) is 2. The predicted molar refractivity (Wildman–Crippen MR) is 77.8 cm³/mol. The highest BCUT2D eigenvalue weighted by molar-refractivity contribution is 9.09. The third kappa shape index (κ3) is 3.19. The normalized spacial score (nSPS) is 17.7. The molecule has 0 spiro atoms. The van der Waals surface area contributed by atoms with Crippen molar-refractivity contribution in [1.29, 1.82) is 0 Å². The van der Waals surface area contributed by atoms with E-state index in [1.54, 1.807) is 0 Å². The van der Waals surface area contributed by atoms with Crippen LogP contribution in [0.4, 0.5) is 0 Å². The van der Waals surface area contributed by atoms with Crippen molar-refractivity contribution >= 4 is 15.9 Å². The molecule has 1 aliphatic rings. The van der Waals surface area contributed by atoms with Crippen LogP contribution in [-0.2, 0) is 0 Å². The maximum absolute atomic E-state index is 6.01. The predicted octanol–water partition coefficient (Wildman–Crippen LogP) is 4.42. The SMILES string of the molecule is CCOc1ccccc1OCC1(CBr)CCCC1. The average molecular weight is 313 g/mol. The van der Waals surface area contributed by atoms with E-state index in [1.165, 1.54) is 25.7 Å². The molecule has 100 valence electrons. The summed E-state index contributed by atoms with van der Waals surface area (Å²) < 4.78 is 11.6. The van der Waals surface area contributed by atoms with E-state index < -0.39 is 0 Å². The molecule has 0 heterocycles. The molecular weight excluding hydrogens is 292 g/mol. The molecule has 0 aliphatic heterocycles. The van der Waals surface area contributed by atoms with Gasteiger partial charge in [0.1, 0.15) is 0 Å². The molecule has 1 saturated carbocycles. The second-order valence-electron chi connectivity index (χ2n) is 5.01. The van der Waals surface area contributed by atoms with Crippen LogP contribution in [0.2, 0.25) is 0 Å². The molecule has 2 rings (SSSR count). The first kappa shape index (κ1) is 13.7. The van der Waals surface area contributed by atoms with Gasteiger partial charge in [-0.25, -0.2) is 0 Å². The summed E-state index contributed by atoms with van der Waals surface area (Å²) in [6, 6.07) is 7.93. The Kier molecular flexibility index (Phi) is 4.93. The van der Waals surface area contributed by atoms with Crippen LogP contribution >= 0.6 is 15.9 Å². The largest absolute Gasteiger partial charge is 0.490 e. The monoisotopic (exact) mass is 312 g/mol. The topological polar surface area (TPSA) is 18.5 Å². The third-order valence-electron chi connectivity index (χ3n) is 3.63. The van der Waals surface area contributed by atoms with E-state index >= 15 is 0 Å². The minimum Gasteiger partial charge on any atom is -0.490 e. The van der Waals surface area contributed by atoms with Gasteiger partial charge in [-0.1, -0.05) is 40.9 Å². The van der Waals surface area contributed by atoms with Crippen LogP contribution in [0, 0.1) is 5.41 Å². The molecule has 0 saturated heterocycles. The molecule has 0 N–H and O–H groups in total. The van der Waals surface area contributed by atoms with Gasteiger partial charge in [-0.05, 0) is 31.9 Å². The summed E-state index contributed by atoms with van der Waals surface area (Å²) in [7, 11) is 0. The van der Waals surface area contributed by atoms with Crippen LogP contribution in [0.3, 0.4) is 0 Å². The van der Waals surface area contributed by atoms with Crippen molar-refractivity contribution < 1.29 is 9.47 Å². The van der Waals surface area contributed by atoms with Crippen LogP contribution < -0.4 is 9.47 Å². The van der Waals surface area contributed by atoms with Crippen molar-refractivity contribution in [3.63, 3.8) is 0 Å². The van der Waals surface area contributed by atoms with Crippen LogP contribution in [0.5, 0.6) is 11.5 Å². The smallest absolute Gasteiger partial charge is 0.161 e. The zero-order chi connectivity index (χ0) is 12.8. The van der Waals surface area contributed by atoms with Crippen LogP contribution in [0.15, 0.2) is 24.3 Å². The molecule has 0 bridgehead atoms. The maximum atomic E-state index is 6.01. The first-order valence-electron chi connectivity index (χ1n) is 6.70. The zero-order valence-electron chi connectivity index (χ0n) is 11.0. The summed E-state index contributed by atoms with van der Waals surface area (Å²) in [5.41, 5.74) is 0.319. The van der Waals surface area contributed by atoms with Gasteiger partial charge in [0.15, 0.2) is 11.5 Å². The summed E-state index contributed by atoms with van der Waals surface area (Å²) in [6.07, 6.45) is 5.16. The first-order chi connectivity index (χ1) is 8.79. The van der Waals surface area contributed by atoms with Crippen molar-refractivity contribution in [2.45, 2.75) is 32.6 Å². The Bertz CT molecular complexity index is 373. The fourth-order valence-corrected chi connectivity index (χ4v) is 3.24. The van der Waals surface area contributed by atoms with Crippen molar-refractivity contribution in [3.05, 3.63) is 24.3 Å².